The normalized spacial score (nSPS) is 10.1. The lowest BCUT2D eigenvalue weighted by atomic mass is 10.3. The first kappa shape index (κ1) is 11.9. The molecule has 0 fully saturated rings. The van der Waals surface area contributed by atoms with Crippen LogP contribution in [-0.4, -0.2) is 14.9 Å². The molecule has 0 N–H and O–H groups in total. The molecule has 92 valence electrons. The number of aromatic nitrogens is 2. The zero-order valence-corrected chi connectivity index (χ0v) is 9.33. The standard InChI is InChI=1S/C11H8FN3O3/c1-7-4-11(14-6-13-7)18-10-3-2-8(15(16)17)5-9(10)12/h2-6H,1H3. The molecule has 1 aromatic carbocycles. The van der Waals surface area contributed by atoms with Crippen LogP contribution < -0.4 is 4.74 Å². The number of hydrogen-bond donors (Lipinski definition) is 0. The van der Waals surface area contributed by atoms with Gasteiger partial charge in [-0.25, -0.2) is 14.4 Å². The second-order valence-electron chi connectivity index (χ2n) is 3.47. The van der Waals surface area contributed by atoms with E-state index in [-0.39, 0.29) is 17.3 Å². The van der Waals surface area contributed by atoms with Crippen LogP contribution in [0.5, 0.6) is 11.6 Å². The van der Waals surface area contributed by atoms with Crippen molar-refractivity contribution in [3.8, 4) is 11.6 Å². The molecule has 0 atom stereocenters. The molecule has 18 heavy (non-hydrogen) atoms. The fraction of sp³-hybridized carbons (Fsp3) is 0.0909. The molecule has 0 saturated carbocycles. The van der Waals surface area contributed by atoms with Crippen LogP contribution in [0.3, 0.4) is 0 Å². The number of ether oxygens (including phenoxy) is 1. The number of halogens is 1. The van der Waals surface area contributed by atoms with Crippen molar-refractivity contribution >= 4 is 5.69 Å². The van der Waals surface area contributed by atoms with E-state index in [1.807, 2.05) is 0 Å². The third-order valence-electron chi connectivity index (χ3n) is 2.12. The van der Waals surface area contributed by atoms with Gasteiger partial charge in [-0.2, -0.15) is 0 Å². The second-order valence-corrected chi connectivity index (χ2v) is 3.47. The molecule has 0 saturated heterocycles. The highest BCUT2D eigenvalue weighted by atomic mass is 19.1. The van der Waals surface area contributed by atoms with Crippen molar-refractivity contribution in [1.82, 2.24) is 9.97 Å². The summed E-state index contributed by atoms with van der Waals surface area (Å²) in [6, 6.07) is 4.67. The summed E-state index contributed by atoms with van der Waals surface area (Å²) in [5, 5.41) is 10.4. The molecule has 0 amide bonds. The van der Waals surface area contributed by atoms with Gasteiger partial charge in [0.25, 0.3) is 5.69 Å². The highest BCUT2D eigenvalue weighted by Gasteiger charge is 2.12. The van der Waals surface area contributed by atoms with Crippen LogP contribution in [0.25, 0.3) is 0 Å². The summed E-state index contributed by atoms with van der Waals surface area (Å²) in [7, 11) is 0. The molecule has 1 aromatic heterocycles. The molecule has 2 aromatic rings. The van der Waals surface area contributed by atoms with Crippen molar-refractivity contribution < 1.29 is 14.1 Å². The molecule has 0 spiro atoms. The van der Waals surface area contributed by atoms with Crippen molar-refractivity contribution in [2.45, 2.75) is 6.92 Å². The van der Waals surface area contributed by atoms with Crippen LogP contribution in [0.4, 0.5) is 10.1 Å². The molecule has 0 bridgehead atoms. The van der Waals surface area contributed by atoms with Gasteiger partial charge in [0, 0.05) is 17.8 Å². The molecule has 2 rings (SSSR count). The highest BCUT2D eigenvalue weighted by molar-refractivity contribution is 5.39. The molecular weight excluding hydrogens is 241 g/mol. The van der Waals surface area contributed by atoms with Gasteiger partial charge < -0.3 is 4.74 Å². The molecule has 1 heterocycles. The Kier molecular flexibility index (Phi) is 3.13. The number of non-ortho nitro benzene ring substituents is 1. The molecule has 6 nitrogen and oxygen atoms in total. The largest absolute Gasteiger partial charge is 0.436 e. The van der Waals surface area contributed by atoms with Crippen molar-refractivity contribution in [3.63, 3.8) is 0 Å². The van der Waals surface area contributed by atoms with Gasteiger partial charge in [0.05, 0.1) is 11.0 Å². The summed E-state index contributed by atoms with van der Waals surface area (Å²) >= 11 is 0. The number of hydrogen-bond acceptors (Lipinski definition) is 5. The number of rotatable bonds is 3. The summed E-state index contributed by atoms with van der Waals surface area (Å²) in [5.74, 6) is -0.769. The number of benzene rings is 1. The SMILES string of the molecule is Cc1cc(Oc2ccc([N+](=O)[O-])cc2F)ncn1. The van der Waals surface area contributed by atoms with E-state index in [1.165, 1.54) is 18.5 Å². The van der Waals surface area contributed by atoms with Gasteiger partial charge >= 0.3 is 0 Å². The first-order valence-corrected chi connectivity index (χ1v) is 4.96. The van der Waals surface area contributed by atoms with Crippen LogP contribution >= 0.6 is 0 Å². The van der Waals surface area contributed by atoms with E-state index in [1.54, 1.807) is 6.92 Å². The summed E-state index contributed by atoms with van der Waals surface area (Å²) in [6.45, 7) is 1.74. The van der Waals surface area contributed by atoms with E-state index in [0.29, 0.717) is 5.69 Å². The lowest BCUT2D eigenvalue weighted by molar-refractivity contribution is -0.385. The Morgan fingerprint density at radius 1 is 1.33 bits per heavy atom. The third-order valence-corrected chi connectivity index (χ3v) is 2.12. The topological polar surface area (TPSA) is 78.2 Å². The van der Waals surface area contributed by atoms with Gasteiger partial charge in [0.1, 0.15) is 6.33 Å². The third kappa shape index (κ3) is 2.57. The zero-order valence-electron chi connectivity index (χ0n) is 9.33. The van der Waals surface area contributed by atoms with Gasteiger partial charge in [-0.15, -0.1) is 0 Å². The van der Waals surface area contributed by atoms with Crippen LogP contribution in [0.1, 0.15) is 5.69 Å². The van der Waals surface area contributed by atoms with Crippen LogP contribution in [0.2, 0.25) is 0 Å². The monoisotopic (exact) mass is 249 g/mol. The highest BCUT2D eigenvalue weighted by Crippen LogP contribution is 2.26. The van der Waals surface area contributed by atoms with Crippen molar-refractivity contribution in [2.75, 3.05) is 0 Å². The summed E-state index contributed by atoms with van der Waals surface area (Å²) < 4.78 is 18.7. The van der Waals surface area contributed by atoms with E-state index < -0.39 is 10.7 Å². The van der Waals surface area contributed by atoms with Gasteiger partial charge in [-0.1, -0.05) is 0 Å². The van der Waals surface area contributed by atoms with Gasteiger partial charge in [0.15, 0.2) is 11.6 Å². The maximum atomic E-state index is 13.5. The van der Waals surface area contributed by atoms with E-state index >= 15 is 0 Å². The number of nitrogens with zero attached hydrogens (tertiary/aromatic N) is 3. The molecule has 0 aliphatic heterocycles. The van der Waals surface area contributed by atoms with E-state index in [2.05, 4.69) is 9.97 Å². The fourth-order valence-corrected chi connectivity index (χ4v) is 1.28. The van der Waals surface area contributed by atoms with Crippen molar-refractivity contribution in [2.24, 2.45) is 0 Å². The van der Waals surface area contributed by atoms with Gasteiger partial charge in [-0.05, 0) is 13.0 Å². The predicted octanol–water partition coefficient (Wildman–Crippen LogP) is 2.62. The van der Waals surface area contributed by atoms with E-state index in [9.17, 15) is 14.5 Å². The average Bonchev–Trinajstić information content (AvgIpc) is 2.31. The maximum absolute atomic E-state index is 13.5. The first-order valence-electron chi connectivity index (χ1n) is 4.96. The summed E-state index contributed by atoms with van der Waals surface area (Å²) in [4.78, 5) is 17.4. The second kappa shape index (κ2) is 4.74. The Labute approximate surface area is 101 Å². The Bertz CT molecular complexity index is 604. The smallest absolute Gasteiger partial charge is 0.272 e. The maximum Gasteiger partial charge on any atom is 0.272 e. The molecule has 0 aliphatic carbocycles. The Morgan fingerprint density at radius 2 is 2.11 bits per heavy atom. The number of nitro groups is 1. The summed E-state index contributed by atoms with van der Waals surface area (Å²) in [5.41, 5.74) is 0.334. The minimum Gasteiger partial charge on any atom is -0.436 e. The zero-order chi connectivity index (χ0) is 13.1. The molecular formula is C11H8FN3O3. The number of nitro benzene ring substituents is 1. The molecule has 0 aliphatic rings. The number of aryl methyl sites for hydroxylation is 1. The minimum absolute atomic E-state index is 0.126. The quantitative estimate of drug-likeness (QED) is 0.617. The van der Waals surface area contributed by atoms with E-state index in [4.69, 9.17) is 4.74 Å². The van der Waals surface area contributed by atoms with Gasteiger partial charge in [-0.3, -0.25) is 10.1 Å². The summed E-state index contributed by atoms with van der Waals surface area (Å²) in [6.07, 6.45) is 1.29. The first-order chi connectivity index (χ1) is 8.56. The van der Waals surface area contributed by atoms with Crippen molar-refractivity contribution in [3.05, 3.63) is 52.2 Å². The van der Waals surface area contributed by atoms with Crippen molar-refractivity contribution in [1.29, 1.82) is 0 Å². The Hall–Kier alpha value is -2.57. The van der Waals surface area contributed by atoms with Crippen LogP contribution in [0, 0.1) is 22.9 Å². The predicted molar refractivity (Wildman–Crippen MR) is 59.9 cm³/mol. The lowest BCUT2D eigenvalue weighted by Gasteiger charge is -2.05. The fourth-order valence-electron chi connectivity index (χ4n) is 1.28. The molecule has 7 heteroatoms. The minimum atomic E-state index is -0.819. The Balaban J connectivity index is 2.27. The van der Waals surface area contributed by atoms with Crippen LogP contribution in [0.15, 0.2) is 30.6 Å². The van der Waals surface area contributed by atoms with Gasteiger partial charge in [0.2, 0.25) is 5.88 Å². The van der Waals surface area contributed by atoms with E-state index in [0.717, 1.165) is 12.1 Å². The Morgan fingerprint density at radius 3 is 2.72 bits per heavy atom. The average molecular weight is 249 g/mol. The lowest BCUT2D eigenvalue weighted by Crippen LogP contribution is -1.94. The molecule has 0 unspecified atom stereocenters. The van der Waals surface area contributed by atoms with Crippen LogP contribution in [-0.2, 0) is 0 Å². The molecule has 0 radical (unpaired) electrons.